The minimum atomic E-state index is -4.19. The summed E-state index contributed by atoms with van der Waals surface area (Å²) < 4.78 is 38.5. The van der Waals surface area contributed by atoms with Crippen LogP contribution in [-0.2, 0) is 0 Å². The number of hydrogen-bond donors (Lipinski definition) is 1. The zero-order chi connectivity index (χ0) is 13.5. The van der Waals surface area contributed by atoms with E-state index in [1.807, 2.05) is 19.0 Å². The zero-order valence-corrected chi connectivity index (χ0v) is 10.9. The lowest BCUT2D eigenvalue weighted by atomic mass is 10.1. The number of rotatable bonds is 8. The van der Waals surface area contributed by atoms with E-state index in [0.29, 0.717) is 13.1 Å². The fourth-order valence-corrected chi connectivity index (χ4v) is 1.84. The topological polar surface area (TPSA) is 32.5 Å². The summed E-state index contributed by atoms with van der Waals surface area (Å²) in [6.45, 7) is 3.47. The predicted octanol–water partition coefficient (Wildman–Crippen LogP) is 1.54. The fourth-order valence-electron chi connectivity index (χ4n) is 1.84. The molecule has 0 saturated heterocycles. The third kappa shape index (κ3) is 6.85. The molecular weight excluding hydrogens is 231 g/mol. The van der Waals surface area contributed by atoms with Gasteiger partial charge in [-0.3, -0.25) is 4.90 Å². The summed E-state index contributed by atoms with van der Waals surface area (Å²) in [4.78, 5) is 3.44. The van der Waals surface area contributed by atoms with Crippen LogP contribution in [0.5, 0.6) is 0 Å². The van der Waals surface area contributed by atoms with Crippen LogP contribution in [0.1, 0.15) is 19.8 Å². The second kappa shape index (κ2) is 7.89. The Bertz CT molecular complexity index is 195. The van der Waals surface area contributed by atoms with E-state index < -0.39 is 12.2 Å². The van der Waals surface area contributed by atoms with Crippen molar-refractivity contribution in [2.24, 2.45) is 5.73 Å². The standard InChI is InChI=1S/C11H24F3N3/c1-4-17(9-5-8-16(2)3)10(6-7-15)11(12,13)14/h10H,4-9,15H2,1-3H3. The molecule has 0 aliphatic carbocycles. The first kappa shape index (κ1) is 16.7. The molecule has 0 fully saturated rings. The zero-order valence-electron chi connectivity index (χ0n) is 10.9. The molecular formula is C11H24F3N3. The molecule has 1 unspecified atom stereocenters. The molecule has 0 saturated carbocycles. The molecule has 0 aromatic heterocycles. The monoisotopic (exact) mass is 255 g/mol. The number of alkyl halides is 3. The van der Waals surface area contributed by atoms with Gasteiger partial charge >= 0.3 is 6.18 Å². The van der Waals surface area contributed by atoms with Gasteiger partial charge in [0.05, 0.1) is 0 Å². The normalized spacial score (nSPS) is 14.6. The largest absolute Gasteiger partial charge is 0.404 e. The molecule has 0 bridgehead atoms. The average Bonchev–Trinajstić information content (AvgIpc) is 2.20. The van der Waals surface area contributed by atoms with Crippen molar-refractivity contribution in [1.29, 1.82) is 0 Å². The van der Waals surface area contributed by atoms with Crippen LogP contribution in [0.2, 0.25) is 0 Å². The first-order valence-corrected chi connectivity index (χ1v) is 5.98. The maximum atomic E-state index is 12.8. The summed E-state index contributed by atoms with van der Waals surface area (Å²) >= 11 is 0. The van der Waals surface area contributed by atoms with Gasteiger partial charge in [-0.05, 0) is 53.1 Å². The van der Waals surface area contributed by atoms with Gasteiger partial charge in [0.25, 0.3) is 0 Å². The van der Waals surface area contributed by atoms with Crippen molar-refractivity contribution in [1.82, 2.24) is 9.80 Å². The Morgan fingerprint density at radius 2 is 1.76 bits per heavy atom. The van der Waals surface area contributed by atoms with Crippen LogP contribution in [-0.4, -0.2) is 62.3 Å². The number of halogens is 3. The van der Waals surface area contributed by atoms with Crippen molar-refractivity contribution in [3.63, 3.8) is 0 Å². The molecule has 104 valence electrons. The molecule has 2 N–H and O–H groups in total. The number of nitrogens with zero attached hydrogens (tertiary/aromatic N) is 2. The van der Waals surface area contributed by atoms with E-state index in [2.05, 4.69) is 0 Å². The Hall–Kier alpha value is -0.330. The van der Waals surface area contributed by atoms with Gasteiger partial charge in [0.1, 0.15) is 6.04 Å². The Balaban J connectivity index is 4.35. The SMILES string of the molecule is CCN(CCCN(C)C)C(CCN)C(F)(F)F. The van der Waals surface area contributed by atoms with Gasteiger partial charge in [0.15, 0.2) is 0 Å². The van der Waals surface area contributed by atoms with Crippen LogP contribution in [0.15, 0.2) is 0 Å². The Morgan fingerprint density at radius 3 is 2.12 bits per heavy atom. The van der Waals surface area contributed by atoms with Crippen molar-refractivity contribution in [2.45, 2.75) is 32.0 Å². The van der Waals surface area contributed by atoms with Crippen LogP contribution in [0.3, 0.4) is 0 Å². The van der Waals surface area contributed by atoms with Crippen molar-refractivity contribution in [3.05, 3.63) is 0 Å². The quantitative estimate of drug-likeness (QED) is 0.714. The molecule has 0 aromatic rings. The maximum Gasteiger partial charge on any atom is 0.404 e. The van der Waals surface area contributed by atoms with Crippen molar-refractivity contribution in [3.8, 4) is 0 Å². The Labute approximate surface area is 102 Å². The lowest BCUT2D eigenvalue weighted by Crippen LogP contribution is -2.47. The van der Waals surface area contributed by atoms with E-state index in [9.17, 15) is 13.2 Å². The smallest absolute Gasteiger partial charge is 0.330 e. The molecule has 0 heterocycles. The highest BCUT2D eigenvalue weighted by Crippen LogP contribution is 2.27. The van der Waals surface area contributed by atoms with Crippen molar-refractivity contribution >= 4 is 0 Å². The molecule has 3 nitrogen and oxygen atoms in total. The number of nitrogens with two attached hydrogens (primary N) is 1. The molecule has 0 aliphatic rings. The van der Waals surface area contributed by atoms with Crippen LogP contribution in [0, 0.1) is 0 Å². The van der Waals surface area contributed by atoms with E-state index >= 15 is 0 Å². The van der Waals surface area contributed by atoms with Gasteiger partial charge in [-0.25, -0.2) is 0 Å². The van der Waals surface area contributed by atoms with Gasteiger partial charge in [0.2, 0.25) is 0 Å². The molecule has 0 aromatic carbocycles. The molecule has 0 aliphatic heterocycles. The van der Waals surface area contributed by atoms with E-state index in [1.165, 1.54) is 4.90 Å². The Morgan fingerprint density at radius 1 is 1.18 bits per heavy atom. The minimum absolute atomic E-state index is 0.0285. The lowest BCUT2D eigenvalue weighted by Gasteiger charge is -2.32. The van der Waals surface area contributed by atoms with Crippen LogP contribution in [0.25, 0.3) is 0 Å². The molecule has 17 heavy (non-hydrogen) atoms. The summed E-state index contributed by atoms with van der Waals surface area (Å²) in [6.07, 6.45) is -3.48. The lowest BCUT2D eigenvalue weighted by molar-refractivity contribution is -0.184. The summed E-state index contributed by atoms with van der Waals surface area (Å²) in [6, 6.07) is -1.40. The summed E-state index contributed by atoms with van der Waals surface area (Å²) in [7, 11) is 3.83. The first-order chi connectivity index (χ1) is 7.82. The third-order valence-corrected chi connectivity index (χ3v) is 2.72. The molecule has 1 atom stereocenters. The molecule has 6 heteroatoms. The summed E-state index contributed by atoms with van der Waals surface area (Å²) in [5, 5.41) is 0. The second-order valence-corrected chi connectivity index (χ2v) is 4.42. The summed E-state index contributed by atoms with van der Waals surface area (Å²) in [5.41, 5.74) is 5.26. The molecule has 0 amide bonds. The van der Waals surface area contributed by atoms with E-state index in [1.54, 1.807) is 6.92 Å². The molecule has 0 radical (unpaired) electrons. The average molecular weight is 255 g/mol. The van der Waals surface area contributed by atoms with Gasteiger partial charge in [-0.2, -0.15) is 13.2 Å². The number of hydrogen-bond acceptors (Lipinski definition) is 3. The first-order valence-electron chi connectivity index (χ1n) is 5.98. The van der Waals surface area contributed by atoms with Crippen LogP contribution >= 0.6 is 0 Å². The highest BCUT2D eigenvalue weighted by Gasteiger charge is 2.42. The van der Waals surface area contributed by atoms with E-state index in [0.717, 1.165) is 13.0 Å². The highest BCUT2D eigenvalue weighted by molar-refractivity contribution is 4.78. The fraction of sp³-hybridized carbons (Fsp3) is 1.00. The van der Waals surface area contributed by atoms with Gasteiger partial charge in [0, 0.05) is 0 Å². The Kier molecular flexibility index (Phi) is 7.74. The maximum absolute atomic E-state index is 12.8. The molecule has 0 rings (SSSR count). The highest BCUT2D eigenvalue weighted by atomic mass is 19.4. The summed E-state index contributed by atoms with van der Waals surface area (Å²) in [5.74, 6) is 0. The van der Waals surface area contributed by atoms with Crippen LogP contribution < -0.4 is 5.73 Å². The van der Waals surface area contributed by atoms with Crippen molar-refractivity contribution < 1.29 is 13.2 Å². The van der Waals surface area contributed by atoms with Gasteiger partial charge in [-0.1, -0.05) is 6.92 Å². The van der Waals surface area contributed by atoms with Gasteiger partial charge in [-0.15, -0.1) is 0 Å². The van der Waals surface area contributed by atoms with Crippen LogP contribution in [0.4, 0.5) is 13.2 Å². The predicted molar refractivity (Wildman–Crippen MR) is 63.9 cm³/mol. The van der Waals surface area contributed by atoms with E-state index in [-0.39, 0.29) is 13.0 Å². The van der Waals surface area contributed by atoms with Crippen molar-refractivity contribution in [2.75, 3.05) is 40.3 Å². The minimum Gasteiger partial charge on any atom is -0.330 e. The van der Waals surface area contributed by atoms with Gasteiger partial charge < -0.3 is 10.6 Å². The second-order valence-electron chi connectivity index (χ2n) is 4.42. The molecule has 0 spiro atoms. The van der Waals surface area contributed by atoms with E-state index in [4.69, 9.17) is 5.73 Å². The third-order valence-electron chi connectivity index (χ3n) is 2.72.